The highest BCUT2D eigenvalue weighted by Crippen LogP contribution is 2.34. The number of benzene rings is 3. The number of hydrogen-bond donors (Lipinski definition) is 0. The highest BCUT2D eigenvalue weighted by Gasteiger charge is 2.25. The first kappa shape index (κ1) is 25.2. The second-order valence-corrected chi connectivity index (χ2v) is 11.9. The van der Waals surface area contributed by atoms with Crippen molar-refractivity contribution in [3.63, 3.8) is 0 Å². The minimum atomic E-state index is -3.68. The second kappa shape index (κ2) is 10.1. The van der Waals surface area contributed by atoms with Crippen molar-refractivity contribution in [3.8, 4) is 11.4 Å². The maximum absolute atomic E-state index is 13.8. The van der Waals surface area contributed by atoms with Crippen molar-refractivity contribution in [2.24, 2.45) is 0 Å². The van der Waals surface area contributed by atoms with E-state index >= 15 is 0 Å². The summed E-state index contributed by atoms with van der Waals surface area (Å²) in [5.74, 6) is 1.10. The van der Waals surface area contributed by atoms with Crippen LogP contribution >= 0.6 is 0 Å². The molecule has 37 heavy (non-hydrogen) atoms. The fraction of sp³-hybridized carbons (Fsp3) is 0.310. The summed E-state index contributed by atoms with van der Waals surface area (Å²) in [5.41, 5.74) is 6.16. The molecule has 0 amide bonds. The molecule has 0 N–H and O–H groups in total. The van der Waals surface area contributed by atoms with E-state index in [9.17, 15) is 8.42 Å². The predicted molar refractivity (Wildman–Crippen MR) is 145 cm³/mol. The molecule has 0 bridgehead atoms. The van der Waals surface area contributed by atoms with E-state index in [0.29, 0.717) is 27.9 Å². The van der Waals surface area contributed by atoms with Gasteiger partial charge in [0.25, 0.3) is 0 Å². The molecule has 8 heteroatoms. The van der Waals surface area contributed by atoms with Gasteiger partial charge in [-0.05, 0) is 72.8 Å². The van der Waals surface area contributed by atoms with E-state index in [1.807, 2.05) is 61.5 Å². The molecule has 4 aromatic rings. The summed E-state index contributed by atoms with van der Waals surface area (Å²) < 4.78 is 32.6. The first-order chi connectivity index (χ1) is 17.7. The van der Waals surface area contributed by atoms with Crippen LogP contribution in [-0.4, -0.2) is 57.7 Å². The van der Waals surface area contributed by atoms with Crippen LogP contribution < -0.4 is 4.90 Å². The number of likely N-dealkylation sites (N-methyl/N-ethyl adjacent to an activating group) is 1. The molecule has 1 aliphatic rings. The largest absolute Gasteiger partial charge is 0.377 e. The number of aromatic nitrogens is 2. The van der Waals surface area contributed by atoms with Gasteiger partial charge in [0, 0.05) is 39.7 Å². The molecule has 0 radical (unpaired) electrons. The summed E-state index contributed by atoms with van der Waals surface area (Å²) in [5, 5.41) is 3.96. The minimum Gasteiger partial charge on any atom is -0.377 e. The van der Waals surface area contributed by atoms with Gasteiger partial charge in [0.05, 0.1) is 15.5 Å². The molecule has 0 unspecified atom stereocenters. The van der Waals surface area contributed by atoms with Crippen LogP contribution in [0.3, 0.4) is 0 Å². The molecular formula is C29H32N4O3S. The van der Waals surface area contributed by atoms with E-state index in [-0.39, 0.29) is 0 Å². The Morgan fingerprint density at radius 2 is 1.51 bits per heavy atom. The van der Waals surface area contributed by atoms with E-state index in [2.05, 4.69) is 28.2 Å². The molecule has 0 spiro atoms. The topological polar surface area (TPSA) is 79.5 Å². The molecule has 192 valence electrons. The van der Waals surface area contributed by atoms with Gasteiger partial charge in [-0.25, -0.2) is 8.42 Å². The number of nitrogens with zero attached hydrogens (tertiary/aromatic N) is 4. The fourth-order valence-electron chi connectivity index (χ4n) is 4.76. The third-order valence-corrected chi connectivity index (χ3v) is 8.76. The van der Waals surface area contributed by atoms with Crippen LogP contribution in [0.1, 0.15) is 28.1 Å². The number of rotatable bonds is 6. The maximum atomic E-state index is 13.8. The summed E-state index contributed by atoms with van der Waals surface area (Å²) in [6.07, 6.45) is 2.48. The first-order valence-corrected chi connectivity index (χ1v) is 13.9. The van der Waals surface area contributed by atoms with Gasteiger partial charge in [0.2, 0.25) is 21.6 Å². The van der Waals surface area contributed by atoms with E-state index in [4.69, 9.17) is 4.52 Å². The summed E-state index contributed by atoms with van der Waals surface area (Å²) in [6.45, 7) is 3.67. The van der Waals surface area contributed by atoms with E-state index in [1.54, 1.807) is 19.1 Å². The van der Waals surface area contributed by atoms with E-state index < -0.39 is 9.84 Å². The molecule has 0 saturated heterocycles. The SMILES string of the molecule is Cc1nc(-c2ccc(Cc3ccc(S(=O)(=O)c4cc5c(cc4N(C)C)CCN(C)CC5)cc3)cc2)no1. The standard InChI is InChI=1S/C29H32N4O3S/c1-20-30-29(31-36-20)23-9-5-21(6-10-23)17-22-7-11-26(12-8-22)37(34,35)28-19-25-14-16-33(4)15-13-24(25)18-27(28)32(2)3/h5-12,18-19H,13-17H2,1-4H3. The van der Waals surface area contributed by atoms with Gasteiger partial charge in [-0.2, -0.15) is 4.98 Å². The van der Waals surface area contributed by atoms with Gasteiger partial charge < -0.3 is 14.3 Å². The monoisotopic (exact) mass is 516 g/mol. The summed E-state index contributed by atoms with van der Waals surface area (Å²) in [7, 11) is 2.24. The van der Waals surface area contributed by atoms with Gasteiger partial charge >= 0.3 is 0 Å². The fourth-order valence-corrected chi connectivity index (χ4v) is 6.32. The lowest BCUT2D eigenvalue weighted by Crippen LogP contribution is -2.20. The zero-order valence-electron chi connectivity index (χ0n) is 21.7. The second-order valence-electron chi connectivity index (χ2n) is 9.94. The van der Waals surface area contributed by atoms with Crippen LogP contribution in [0.25, 0.3) is 11.4 Å². The van der Waals surface area contributed by atoms with Gasteiger partial charge in [0.15, 0.2) is 0 Å². The summed E-state index contributed by atoms with van der Waals surface area (Å²) in [6, 6.07) is 19.2. The molecule has 0 aliphatic carbocycles. The summed E-state index contributed by atoms with van der Waals surface area (Å²) >= 11 is 0. The highest BCUT2D eigenvalue weighted by molar-refractivity contribution is 7.91. The third kappa shape index (κ3) is 5.31. The van der Waals surface area contributed by atoms with Crippen molar-refractivity contribution in [1.29, 1.82) is 0 Å². The van der Waals surface area contributed by atoms with Crippen molar-refractivity contribution in [3.05, 3.63) is 88.8 Å². The van der Waals surface area contributed by atoms with Gasteiger partial charge in [-0.15, -0.1) is 0 Å². The molecule has 5 rings (SSSR count). The highest BCUT2D eigenvalue weighted by atomic mass is 32.2. The van der Waals surface area contributed by atoms with Crippen LogP contribution in [0, 0.1) is 6.92 Å². The number of aryl methyl sites for hydroxylation is 1. The van der Waals surface area contributed by atoms with Gasteiger partial charge in [-0.1, -0.05) is 41.6 Å². The lowest BCUT2D eigenvalue weighted by molar-refractivity contribution is 0.352. The molecule has 2 heterocycles. The van der Waals surface area contributed by atoms with E-state index in [1.165, 1.54) is 5.56 Å². The maximum Gasteiger partial charge on any atom is 0.223 e. The molecule has 0 saturated carbocycles. The Balaban J connectivity index is 1.39. The summed E-state index contributed by atoms with van der Waals surface area (Å²) in [4.78, 5) is 9.14. The Morgan fingerprint density at radius 3 is 2.08 bits per heavy atom. The zero-order valence-corrected chi connectivity index (χ0v) is 22.5. The average molecular weight is 517 g/mol. The number of hydrogen-bond acceptors (Lipinski definition) is 7. The van der Waals surface area contributed by atoms with E-state index in [0.717, 1.165) is 53.9 Å². The zero-order chi connectivity index (χ0) is 26.2. The van der Waals surface area contributed by atoms with Crippen LogP contribution in [0.5, 0.6) is 0 Å². The smallest absolute Gasteiger partial charge is 0.223 e. The molecule has 1 aliphatic heterocycles. The minimum absolute atomic E-state index is 0.313. The van der Waals surface area contributed by atoms with Crippen LogP contribution in [-0.2, 0) is 29.1 Å². The normalized spacial score (nSPS) is 14.3. The predicted octanol–water partition coefficient (Wildman–Crippen LogP) is 4.57. The molecular weight excluding hydrogens is 484 g/mol. The molecule has 3 aromatic carbocycles. The number of anilines is 1. The molecule has 0 atom stereocenters. The van der Waals surface area contributed by atoms with Crippen molar-refractivity contribution >= 4 is 15.5 Å². The Hall–Kier alpha value is -3.49. The van der Waals surface area contributed by atoms with Crippen molar-refractivity contribution in [1.82, 2.24) is 15.0 Å². The number of fused-ring (bicyclic) bond motifs is 1. The Morgan fingerprint density at radius 1 is 0.919 bits per heavy atom. The van der Waals surface area contributed by atoms with Crippen LogP contribution in [0.15, 0.2) is 75.0 Å². The third-order valence-electron chi connectivity index (χ3n) is 6.96. The number of sulfone groups is 1. The first-order valence-electron chi connectivity index (χ1n) is 12.5. The molecule has 7 nitrogen and oxygen atoms in total. The lowest BCUT2D eigenvalue weighted by Gasteiger charge is -2.21. The van der Waals surface area contributed by atoms with Crippen molar-refractivity contribution in [2.45, 2.75) is 36.0 Å². The Bertz CT molecular complexity index is 1510. The quantitative estimate of drug-likeness (QED) is 0.372. The molecule has 0 fully saturated rings. The lowest BCUT2D eigenvalue weighted by atomic mass is 10.0. The Kier molecular flexibility index (Phi) is 6.88. The Labute approximate surface area is 218 Å². The van der Waals surface area contributed by atoms with Gasteiger partial charge in [0.1, 0.15) is 0 Å². The average Bonchev–Trinajstić information content (AvgIpc) is 3.23. The van der Waals surface area contributed by atoms with Crippen molar-refractivity contribution < 1.29 is 12.9 Å². The van der Waals surface area contributed by atoms with Gasteiger partial charge in [-0.3, -0.25) is 0 Å². The van der Waals surface area contributed by atoms with Crippen LogP contribution in [0.2, 0.25) is 0 Å². The van der Waals surface area contributed by atoms with Crippen LogP contribution in [0.4, 0.5) is 5.69 Å². The van der Waals surface area contributed by atoms with Crippen molar-refractivity contribution in [2.75, 3.05) is 39.1 Å². The molecule has 1 aromatic heterocycles.